The van der Waals surface area contributed by atoms with Crippen molar-refractivity contribution in [2.24, 2.45) is 0 Å². The maximum atomic E-state index is 12.6. The van der Waals surface area contributed by atoms with Crippen LogP contribution in [0.5, 0.6) is 11.5 Å². The Bertz CT molecular complexity index is 1040. The van der Waals surface area contributed by atoms with Crippen molar-refractivity contribution >= 4 is 12.0 Å². The van der Waals surface area contributed by atoms with Crippen molar-refractivity contribution in [1.82, 2.24) is 5.32 Å². The number of para-hydroxylation sites is 1. The van der Waals surface area contributed by atoms with Crippen molar-refractivity contribution in [3.05, 3.63) is 102 Å². The van der Waals surface area contributed by atoms with Gasteiger partial charge in [0.1, 0.15) is 11.5 Å². The Hall–Kier alpha value is -3.81. The minimum Gasteiger partial charge on any atom is -0.435 e. The van der Waals surface area contributed by atoms with Gasteiger partial charge in [-0.15, -0.1) is 0 Å². The molecule has 1 amide bonds. The average molecular weight is 445 g/mol. The molecule has 3 aromatic carbocycles. The van der Waals surface area contributed by atoms with E-state index in [9.17, 15) is 22.4 Å². The van der Waals surface area contributed by atoms with Crippen LogP contribution in [0.1, 0.15) is 22.7 Å². The molecule has 0 aliphatic heterocycles. The fourth-order valence-electron chi connectivity index (χ4n) is 3.02. The molecule has 32 heavy (non-hydrogen) atoms. The van der Waals surface area contributed by atoms with Crippen LogP contribution in [0, 0.1) is 0 Å². The van der Waals surface area contributed by atoms with Crippen LogP contribution in [0.15, 0.2) is 84.9 Å². The molecule has 0 saturated heterocycles. The number of amides is 1. The molecule has 0 aliphatic carbocycles. The number of hydrogen-bond acceptors (Lipinski definition) is 3. The molecular formula is C24H19F4NO3. The van der Waals surface area contributed by atoms with Crippen LogP contribution in [-0.4, -0.2) is 19.1 Å². The number of benzene rings is 3. The third-order valence-corrected chi connectivity index (χ3v) is 4.41. The lowest BCUT2D eigenvalue weighted by molar-refractivity contribution is -0.116. The number of ether oxygens (including phenoxy) is 2. The maximum absolute atomic E-state index is 12.6. The highest BCUT2D eigenvalue weighted by molar-refractivity contribution is 5.92. The van der Waals surface area contributed by atoms with Crippen LogP contribution in [0.25, 0.3) is 6.08 Å². The van der Waals surface area contributed by atoms with Gasteiger partial charge in [0.15, 0.2) is 0 Å². The Balaban J connectivity index is 1.80. The largest absolute Gasteiger partial charge is 0.435 e. The topological polar surface area (TPSA) is 47.6 Å². The average Bonchev–Trinajstić information content (AvgIpc) is 2.77. The second-order valence-corrected chi connectivity index (χ2v) is 6.55. The molecule has 8 heteroatoms. The van der Waals surface area contributed by atoms with E-state index >= 15 is 0 Å². The van der Waals surface area contributed by atoms with Crippen LogP contribution < -0.4 is 14.8 Å². The van der Waals surface area contributed by atoms with Crippen LogP contribution in [0.3, 0.4) is 0 Å². The smallest absolute Gasteiger partial charge is 0.387 e. The lowest BCUT2D eigenvalue weighted by Gasteiger charge is -2.19. The molecule has 3 rings (SSSR count). The molecule has 0 spiro atoms. The summed E-state index contributed by atoms with van der Waals surface area (Å²) < 4.78 is 58.8. The van der Waals surface area contributed by atoms with Crippen LogP contribution >= 0.6 is 0 Å². The highest BCUT2D eigenvalue weighted by Gasteiger charge is 2.16. The number of nitrogens with one attached hydrogen (secondary N) is 1. The minimum atomic E-state index is -2.99. The Kier molecular flexibility index (Phi) is 7.85. The number of hydrogen-bond donors (Lipinski definition) is 1. The van der Waals surface area contributed by atoms with E-state index in [1.165, 1.54) is 36.4 Å². The van der Waals surface area contributed by atoms with Gasteiger partial charge in [0.25, 0.3) is 0 Å². The van der Waals surface area contributed by atoms with E-state index in [4.69, 9.17) is 0 Å². The summed E-state index contributed by atoms with van der Waals surface area (Å²) in [6, 6.07) is 20.5. The van der Waals surface area contributed by atoms with Gasteiger partial charge in [0.05, 0.1) is 6.04 Å². The van der Waals surface area contributed by atoms with Gasteiger partial charge in [0, 0.05) is 11.6 Å². The summed E-state index contributed by atoms with van der Waals surface area (Å²) in [7, 11) is 0. The maximum Gasteiger partial charge on any atom is 0.387 e. The van der Waals surface area contributed by atoms with Gasteiger partial charge in [0.2, 0.25) is 5.91 Å². The van der Waals surface area contributed by atoms with Crippen molar-refractivity contribution in [2.45, 2.75) is 19.3 Å². The van der Waals surface area contributed by atoms with Crippen molar-refractivity contribution in [2.75, 3.05) is 0 Å². The molecular weight excluding hydrogens is 426 g/mol. The molecule has 0 fully saturated rings. The van der Waals surface area contributed by atoms with E-state index in [-0.39, 0.29) is 11.5 Å². The minimum absolute atomic E-state index is 0.00239. The van der Waals surface area contributed by atoms with E-state index < -0.39 is 25.2 Å². The number of halogens is 4. The first-order chi connectivity index (χ1) is 15.4. The third kappa shape index (κ3) is 6.60. The monoisotopic (exact) mass is 445 g/mol. The third-order valence-electron chi connectivity index (χ3n) is 4.41. The molecule has 3 aromatic rings. The molecule has 1 atom stereocenters. The van der Waals surface area contributed by atoms with E-state index in [1.807, 2.05) is 18.2 Å². The molecule has 0 heterocycles. The summed E-state index contributed by atoms with van der Waals surface area (Å²) in [4.78, 5) is 12.6. The fourth-order valence-corrected chi connectivity index (χ4v) is 3.02. The van der Waals surface area contributed by atoms with E-state index in [0.29, 0.717) is 11.1 Å². The number of alkyl halides is 4. The summed E-state index contributed by atoms with van der Waals surface area (Å²) in [5, 5.41) is 2.84. The molecule has 4 nitrogen and oxygen atoms in total. The summed E-state index contributed by atoms with van der Waals surface area (Å²) >= 11 is 0. The molecule has 0 radical (unpaired) electrons. The van der Waals surface area contributed by atoms with Crippen molar-refractivity contribution < 1.29 is 31.8 Å². The van der Waals surface area contributed by atoms with E-state index in [2.05, 4.69) is 14.8 Å². The molecule has 0 bridgehead atoms. The zero-order chi connectivity index (χ0) is 22.9. The van der Waals surface area contributed by atoms with Gasteiger partial charge in [-0.3, -0.25) is 4.79 Å². The van der Waals surface area contributed by atoms with Crippen LogP contribution in [0.4, 0.5) is 17.6 Å². The molecule has 0 saturated carbocycles. The SMILES string of the molecule is O=C(/C=C/c1ccccc1OC(F)F)NC(c1ccccc1)c1ccc(OC(F)F)cc1. The number of rotatable bonds is 9. The number of carbonyl (C=O) groups is 1. The quantitative estimate of drug-likeness (QED) is 0.334. The Morgan fingerprint density at radius 3 is 2.00 bits per heavy atom. The Labute approximate surface area is 182 Å². The fraction of sp³-hybridized carbons (Fsp3) is 0.125. The van der Waals surface area contributed by atoms with Crippen LogP contribution in [0.2, 0.25) is 0 Å². The summed E-state index contributed by atoms with van der Waals surface area (Å²) in [6.07, 6.45) is 2.58. The lowest BCUT2D eigenvalue weighted by Crippen LogP contribution is -2.27. The van der Waals surface area contributed by atoms with E-state index in [1.54, 1.807) is 36.4 Å². The molecule has 0 aromatic heterocycles. The second-order valence-electron chi connectivity index (χ2n) is 6.55. The zero-order valence-electron chi connectivity index (χ0n) is 16.6. The first-order valence-corrected chi connectivity index (χ1v) is 9.54. The molecule has 166 valence electrons. The van der Waals surface area contributed by atoms with Gasteiger partial charge in [-0.2, -0.15) is 17.6 Å². The highest BCUT2D eigenvalue weighted by atomic mass is 19.3. The predicted molar refractivity (Wildman–Crippen MR) is 112 cm³/mol. The molecule has 0 aliphatic rings. The predicted octanol–water partition coefficient (Wildman–Crippen LogP) is 5.81. The standard InChI is InChI=1S/C24H19F4NO3/c25-23(26)31-19-13-10-18(11-14-19)22(17-7-2-1-3-8-17)29-21(30)15-12-16-6-4-5-9-20(16)32-24(27)28/h1-15,22-24H,(H,29,30)/b15-12+. The lowest BCUT2D eigenvalue weighted by atomic mass is 9.98. The Morgan fingerprint density at radius 2 is 1.34 bits per heavy atom. The number of carbonyl (C=O) groups excluding carboxylic acids is 1. The summed E-state index contributed by atoms with van der Waals surface area (Å²) in [5.74, 6) is -0.545. The zero-order valence-corrected chi connectivity index (χ0v) is 16.6. The van der Waals surface area contributed by atoms with Gasteiger partial charge in [-0.1, -0.05) is 60.7 Å². The van der Waals surface area contributed by atoms with Crippen molar-refractivity contribution in [3.8, 4) is 11.5 Å². The Morgan fingerprint density at radius 1 is 0.750 bits per heavy atom. The second kappa shape index (κ2) is 11.0. The van der Waals surface area contributed by atoms with Gasteiger partial charge in [-0.25, -0.2) is 0 Å². The summed E-state index contributed by atoms with van der Waals surface area (Å²) in [6.45, 7) is -5.93. The normalized spacial score (nSPS) is 12.2. The highest BCUT2D eigenvalue weighted by Crippen LogP contribution is 2.25. The van der Waals surface area contributed by atoms with E-state index in [0.717, 1.165) is 5.56 Å². The summed E-state index contributed by atoms with van der Waals surface area (Å²) in [5.41, 5.74) is 1.71. The molecule has 1 N–H and O–H groups in total. The van der Waals surface area contributed by atoms with Gasteiger partial charge >= 0.3 is 13.2 Å². The first-order valence-electron chi connectivity index (χ1n) is 9.54. The molecule has 1 unspecified atom stereocenters. The van der Waals surface area contributed by atoms with Crippen molar-refractivity contribution in [1.29, 1.82) is 0 Å². The van der Waals surface area contributed by atoms with Crippen LogP contribution in [-0.2, 0) is 4.79 Å². The van der Waals surface area contributed by atoms with Gasteiger partial charge in [-0.05, 0) is 35.4 Å². The first kappa shape index (κ1) is 22.9. The van der Waals surface area contributed by atoms with Gasteiger partial charge < -0.3 is 14.8 Å². The van der Waals surface area contributed by atoms with Crippen molar-refractivity contribution in [3.63, 3.8) is 0 Å².